The minimum absolute atomic E-state index is 0.0114. The number of hydrogen-bond acceptors (Lipinski definition) is 5. The molecule has 0 atom stereocenters. The molecule has 0 radical (unpaired) electrons. The summed E-state index contributed by atoms with van der Waals surface area (Å²) >= 11 is 0. The van der Waals surface area contributed by atoms with Crippen LogP contribution in [0.3, 0.4) is 0 Å². The van der Waals surface area contributed by atoms with Gasteiger partial charge in [-0.25, -0.2) is 13.2 Å². The Hall–Kier alpha value is -3.89. The van der Waals surface area contributed by atoms with Crippen molar-refractivity contribution in [1.29, 1.82) is 0 Å². The molecule has 0 aromatic heterocycles. The number of carbonyl (C=O) groups excluding carboxylic acids is 4. The molecule has 2 aromatic rings. The van der Waals surface area contributed by atoms with Crippen LogP contribution in [0.5, 0.6) is 0 Å². The highest BCUT2D eigenvalue weighted by atomic mass is 19.2. The number of esters is 1. The highest BCUT2D eigenvalue weighted by Crippen LogP contribution is 2.22. The molecular formula is C24H26F3N3O5. The van der Waals surface area contributed by atoms with Crippen molar-refractivity contribution >= 4 is 29.4 Å². The van der Waals surface area contributed by atoms with E-state index in [4.69, 9.17) is 4.74 Å². The summed E-state index contributed by atoms with van der Waals surface area (Å²) in [6.45, 7) is 4.84. The zero-order valence-electron chi connectivity index (χ0n) is 19.5. The van der Waals surface area contributed by atoms with Gasteiger partial charge in [-0.05, 0) is 35.2 Å². The Labute approximate surface area is 200 Å². The number of amides is 3. The monoisotopic (exact) mass is 493 g/mol. The van der Waals surface area contributed by atoms with Crippen LogP contribution in [0.15, 0.2) is 36.4 Å². The molecule has 188 valence electrons. The van der Waals surface area contributed by atoms with Gasteiger partial charge in [-0.2, -0.15) is 0 Å². The molecule has 0 aliphatic heterocycles. The molecule has 11 heteroatoms. The first-order valence-corrected chi connectivity index (χ1v) is 10.6. The van der Waals surface area contributed by atoms with E-state index in [1.165, 1.54) is 0 Å². The van der Waals surface area contributed by atoms with Crippen molar-refractivity contribution in [3.05, 3.63) is 65.0 Å². The van der Waals surface area contributed by atoms with Gasteiger partial charge < -0.3 is 20.7 Å². The highest BCUT2D eigenvalue weighted by molar-refractivity contribution is 5.95. The summed E-state index contributed by atoms with van der Waals surface area (Å²) in [7, 11) is 0. The molecule has 3 N–H and O–H groups in total. The third kappa shape index (κ3) is 8.43. The molecule has 2 rings (SSSR count). The molecule has 8 nitrogen and oxygen atoms in total. The lowest BCUT2D eigenvalue weighted by Crippen LogP contribution is -2.36. The number of halogens is 3. The van der Waals surface area contributed by atoms with Crippen LogP contribution in [-0.4, -0.2) is 43.4 Å². The van der Waals surface area contributed by atoms with E-state index >= 15 is 0 Å². The van der Waals surface area contributed by atoms with Gasteiger partial charge in [0.05, 0.1) is 18.7 Å². The zero-order valence-corrected chi connectivity index (χ0v) is 19.5. The van der Waals surface area contributed by atoms with Crippen molar-refractivity contribution in [2.45, 2.75) is 32.6 Å². The molecule has 0 bridgehead atoms. The van der Waals surface area contributed by atoms with E-state index in [1.807, 2.05) is 17.4 Å². The Balaban J connectivity index is 1.66. The van der Waals surface area contributed by atoms with E-state index in [1.54, 1.807) is 12.1 Å². The minimum atomic E-state index is -1.74. The smallest absolute Gasteiger partial charge is 0.308 e. The summed E-state index contributed by atoms with van der Waals surface area (Å²) in [6.07, 6.45) is -0.186. The number of ether oxygens (including phenoxy) is 1. The first kappa shape index (κ1) is 27.4. The maximum Gasteiger partial charge on any atom is 0.308 e. The predicted molar refractivity (Wildman–Crippen MR) is 121 cm³/mol. The quantitative estimate of drug-likeness (QED) is 0.367. The molecule has 35 heavy (non-hydrogen) atoms. The number of hydrogen-bond donors (Lipinski definition) is 3. The largest absolute Gasteiger partial charge is 0.456 e. The number of anilines is 1. The van der Waals surface area contributed by atoms with Crippen LogP contribution in [0.25, 0.3) is 0 Å². The van der Waals surface area contributed by atoms with Crippen LogP contribution in [0.2, 0.25) is 0 Å². The second-order valence-electron chi connectivity index (χ2n) is 8.54. The average molecular weight is 493 g/mol. The fourth-order valence-electron chi connectivity index (χ4n) is 2.77. The number of carbonyl (C=O) groups is 4. The standard InChI is InChI=1S/C24H26F3N3O5/c1-24(2,3)15-6-4-14(5-7-15)23(34)28-11-10-20(33)35-13-19(32)29-12-18(31)30-17-9-8-16(25)21(26)22(17)27/h4-9H,10-13H2,1-3H3,(H,28,34)(H,29,32)(H,30,31). The molecule has 0 saturated heterocycles. The van der Waals surface area contributed by atoms with E-state index in [0.717, 1.165) is 11.6 Å². The van der Waals surface area contributed by atoms with Crippen molar-refractivity contribution in [3.8, 4) is 0 Å². The second kappa shape index (κ2) is 12.0. The Morgan fingerprint density at radius 1 is 0.857 bits per heavy atom. The number of benzene rings is 2. The lowest BCUT2D eigenvalue weighted by atomic mass is 9.87. The lowest BCUT2D eigenvalue weighted by molar-refractivity contribution is -0.148. The van der Waals surface area contributed by atoms with Gasteiger partial charge in [-0.1, -0.05) is 32.9 Å². The Kier molecular flexibility index (Phi) is 9.38. The Morgan fingerprint density at radius 2 is 1.51 bits per heavy atom. The average Bonchev–Trinajstić information content (AvgIpc) is 2.81. The van der Waals surface area contributed by atoms with Crippen LogP contribution in [0, 0.1) is 17.5 Å². The van der Waals surface area contributed by atoms with Gasteiger partial charge in [0.15, 0.2) is 24.1 Å². The molecule has 3 amide bonds. The van der Waals surface area contributed by atoms with Crippen LogP contribution in [0.1, 0.15) is 43.1 Å². The molecule has 0 aliphatic rings. The summed E-state index contributed by atoms with van der Waals surface area (Å²) in [5.74, 6) is -7.57. The molecule has 0 fully saturated rings. The van der Waals surface area contributed by atoms with Crippen LogP contribution in [0.4, 0.5) is 18.9 Å². The normalized spacial score (nSPS) is 10.9. The SMILES string of the molecule is CC(C)(C)c1ccc(C(=O)NCCC(=O)OCC(=O)NCC(=O)Nc2ccc(F)c(F)c2F)cc1. The molecule has 0 spiro atoms. The fourth-order valence-corrected chi connectivity index (χ4v) is 2.77. The summed E-state index contributed by atoms with van der Waals surface area (Å²) in [6, 6.07) is 8.56. The van der Waals surface area contributed by atoms with E-state index in [0.29, 0.717) is 11.6 Å². The van der Waals surface area contributed by atoms with E-state index in [2.05, 4.69) is 31.4 Å². The van der Waals surface area contributed by atoms with Crippen LogP contribution >= 0.6 is 0 Å². The van der Waals surface area contributed by atoms with Gasteiger partial charge >= 0.3 is 5.97 Å². The molecule has 0 aliphatic carbocycles. The molecular weight excluding hydrogens is 467 g/mol. The maximum absolute atomic E-state index is 13.5. The van der Waals surface area contributed by atoms with Crippen molar-refractivity contribution in [2.75, 3.05) is 25.0 Å². The minimum Gasteiger partial charge on any atom is -0.456 e. The topological polar surface area (TPSA) is 114 Å². The van der Waals surface area contributed by atoms with Crippen molar-refractivity contribution in [2.24, 2.45) is 0 Å². The van der Waals surface area contributed by atoms with Crippen molar-refractivity contribution < 1.29 is 37.1 Å². The predicted octanol–water partition coefficient (Wildman–Crippen LogP) is 2.82. The van der Waals surface area contributed by atoms with Gasteiger partial charge in [0, 0.05) is 12.1 Å². The summed E-state index contributed by atoms with van der Waals surface area (Å²) < 4.78 is 44.4. The Morgan fingerprint density at radius 3 is 2.14 bits per heavy atom. The van der Waals surface area contributed by atoms with E-state index in [-0.39, 0.29) is 24.3 Å². The van der Waals surface area contributed by atoms with Gasteiger partial charge in [0.1, 0.15) is 0 Å². The van der Waals surface area contributed by atoms with Gasteiger partial charge in [-0.3, -0.25) is 19.2 Å². The first-order valence-electron chi connectivity index (χ1n) is 10.6. The summed E-state index contributed by atoms with van der Waals surface area (Å²) in [5.41, 5.74) is 0.869. The molecule has 0 saturated carbocycles. The lowest BCUT2D eigenvalue weighted by Gasteiger charge is -2.19. The summed E-state index contributed by atoms with van der Waals surface area (Å²) in [5, 5.41) is 6.68. The number of rotatable bonds is 9. The van der Waals surface area contributed by atoms with E-state index in [9.17, 15) is 32.3 Å². The third-order valence-electron chi connectivity index (χ3n) is 4.75. The molecule has 2 aromatic carbocycles. The van der Waals surface area contributed by atoms with Gasteiger partial charge in [0.25, 0.3) is 11.8 Å². The molecule has 0 heterocycles. The van der Waals surface area contributed by atoms with Crippen LogP contribution in [-0.2, 0) is 24.5 Å². The molecule has 0 unspecified atom stereocenters. The maximum atomic E-state index is 13.5. The Bertz CT molecular complexity index is 1100. The third-order valence-corrected chi connectivity index (χ3v) is 4.75. The number of nitrogens with one attached hydrogen (secondary N) is 3. The fraction of sp³-hybridized carbons (Fsp3) is 0.333. The van der Waals surface area contributed by atoms with Gasteiger partial charge in [-0.15, -0.1) is 0 Å². The van der Waals surface area contributed by atoms with E-state index < -0.39 is 54.1 Å². The summed E-state index contributed by atoms with van der Waals surface area (Å²) in [4.78, 5) is 47.4. The highest BCUT2D eigenvalue weighted by Gasteiger charge is 2.17. The first-order chi connectivity index (χ1) is 16.4. The van der Waals surface area contributed by atoms with Gasteiger partial charge in [0.2, 0.25) is 5.91 Å². The second-order valence-corrected chi connectivity index (χ2v) is 8.54. The van der Waals surface area contributed by atoms with Crippen LogP contribution < -0.4 is 16.0 Å². The zero-order chi connectivity index (χ0) is 26.2. The van der Waals surface area contributed by atoms with Crippen molar-refractivity contribution in [1.82, 2.24) is 10.6 Å². The van der Waals surface area contributed by atoms with Crippen molar-refractivity contribution in [3.63, 3.8) is 0 Å².